The lowest BCUT2D eigenvalue weighted by Crippen LogP contribution is -2.39. The molecule has 0 aliphatic carbocycles. The first-order valence-electron chi connectivity index (χ1n) is 10.6. The Kier molecular flexibility index (Phi) is 6.14. The number of nitrogens with zero attached hydrogens (tertiary/aromatic N) is 4. The molecule has 2 N–H and O–H groups in total. The van der Waals surface area contributed by atoms with Gasteiger partial charge in [-0.05, 0) is 76.0 Å². The van der Waals surface area contributed by atoms with Crippen LogP contribution < -0.4 is 10.1 Å². The second kappa shape index (κ2) is 8.85. The molecule has 4 rings (SSSR count). The molecule has 0 bridgehead atoms. The second-order valence-electron chi connectivity index (χ2n) is 8.31. The van der Waals surface area contributed by atoms with Gasteiger partial charge in [0.1, 0.15) is 17.3 Å². The third kappa shape index (κ3) is 5.07. The van der Waals surface area contributed by atoms with Gasteiger partial charge in [0.2, 0.25) is 0 Å². The fourth-order valence-corrected chi connectivity index (χ4v) is 3.99. The molecule has 1 aromatic carbocycles. The van der Waals surface area contributed by atoms with Crippen molar-refractivity contribution in [1.82, 2.24) is 19.5 Å². The molecule has 172 valence electrons. The summed E-state index contributed by atoms with van der Waals surface area (Å²) in [6.07, 6.45) is -1.14. The van der Waals surface area contributed by atoms with Gasteiger partial charge in [0, 0.05) is 18.2 Å². The van der Waals surface area contributed by atoms with Crippen molar-refractivity contribution in [2.75, 3.05) is 25.0 Å². The van der Waals surface area contributed by atoms with Crippen LogP contribution in [-0.2, 0) is 0 Å². The molecular formula is C22H26F3N5O2. The number of benzene rings is 1. The molecular weight excluding hydrogens is 423 g/mol. The van der Waals surface area contributed by atoms with Gasteiger partial charge in [-0.2, -0.15) is 0 Å². The standard InChI is InChI=1S/C22H26F3N5O2/c1-14(2)29-9-7-15(8-10-29)12-26-20-5-6-21-27-13-18(30(21)28-20)17-11-16(3-4-19(17)31)32-22(23,24)25/h3-6,11,13-15,31H,7-10,12H2,1-2H3,(H,26,28). The Hall–Kier alpha value is -3.01. The minimum Gasteiger partial charge on any atom is -0.507 e. The number of aromatic nitrogens is 3. The Morgan fingerprint density at radius 2 is 1.94 bits per heavy atom. The topological polar surface area (TPSA) is 74.9 Å². The number of halogens is 3. The SMILES string of the molecule is CC(C)N1CCC(CNc2ccc3ncc(-c4cc(OC(F)(F)F)ccc4O)n3n2)CC1. The van der Waals surface area contributed by atoms with Crippen LogP contribution in [0.3, 0.4) is 0 Å². The summed E-state index contributed by atoms with van der Waals surface area (Å²) in [5.41, 5.74) is 1.02. The van der Waals surface area contributed by atoms with Gasteiger partial charge in [0.25, 0.3) is 0 Å². The molecule has 2 aromatic heterocycles. The Bertz CT molecular complexity index is 1080. The summed E-state index contributed by atoms with van der Waals surface area (Å²) in [5, 5.41) is 18.1. The number of phenolic OH excluding ortho intramolecular Hbond substituents is 1. The molecule has 0 atom stereocenters. The minimum atomic E-state index is -4.83. The van der Waals surface area contributed by atoms with Crippen LogP contribution in [0.15, 0.2) is 36.5 Å². The zero-order chi connectivity index (χ0) is 22.9. The number of rotatable bonds is 6. The number of anilines is 1. The fourth-order valence-electron chi connectivity index (χ4n) is 3.99. The average Bonchev–Trinajstić information content (AvgIpc) is 3.16. The highest BCUT2D eigenvalue weighted by Gasteiger charge is 2.31. The Morgan fingerprint density at radius 3 is 2.62 bits per heavy atom. The maximum absolute atomic E-state index is 12.6. The highest BCUT2D eigenvalue weighted by atomic mass is 19.4. The number of hydrogen-bond donors (Lipinski definition) is 2. The Morgan fingerprint density at radius 1 is 1.19 bits per heavy atom. The molecule has 10 heteroatoms. The fraction of sp³-hybridized carbons (Fsp3) is 0.455. The van der Waals surface area contributed by atoms with E-state index in [-0.39, 0.29) is 11.3 Å². The van der Waals surface area contributed by atoms with Gasteiger partial charge < -0.3 is 20.1 Å². The lowest BCUT2D eigenvalue weighted by molar-refractivity contribution is -0.274. The molecule has 1 aliphatic rings. The third-order valence-corrected chi connectivity index (χ3v) is 5.79. The molecule has 3 heterocycles. The van der Waals surface area contributed by atoms with Gasteiger partial charge in [-0.25, -0.2) is 9.50 Å². The van der Waals surface area contributed by atoms with Crippen molar-refractivity contribution in [2.45, 2.75) is 39.1 Å². The van der Waals surface area contributed by atoms with Gasteiger partial charge in [-0.15, -0.1) is 18.3 Å². The van der Waals surface area contributed by atoms with E-state index in [1.54, 1.807) is 6.07 Å². The quantitative estimate of drug-likeness (QED) is 0.576. The zero-order valence-electron chi connectivity index (χ0n) is 17.9. The van der Waals surface area contributed by atoms with E-state index in [0.717, 1.165) is 50.7 Å². The van der Waals surface area contributed by atoms with Gasteiger partial charge >= 0.3 is 6.36 Å². The van der Waals surface area contributed by atoms with E-state index < -0.39 is 12.1 Å². The van der Waals surface area contributed by atoms with Crippen molar-refractivity contribution in [2.24, 2.45) is 5.92 Å². The monoisotopic (exact) mass is 449 g/mol. The molecule has 32 heavy (non-hydrogen) atoms. The maximum atomic E-state index is 12.6. The van der Waals surface area contributed by atoms with E-state index in [2.05, 4.69) is 38.9 Å². The number of imidazole rings is 1. The van der Waals surface area contributed by atoms with Crippen LogP contribution >= 0.6 is 0 Å². The molecule has 0 spiro atoms. The molecule has 1 saturated heterocycles. The highest BCUT2D eigenvalue weighted by molar-refractivity contribution is 5.71. The van der Waals surface area contributed by atoms with Crippen LogP contribution in [0.2, 0.25) is 0 Å². The van der Waals surface area contributed by atoms with Crippen LogP contribution in [0.5, 0.6) is 11.5 Å². The lowest BCUT2D eigenvalue weighted by Gasteiger charge is -2.34. The van der Waals surface area contributed by atoms with Gasteiger partial charge in [-0.3, -0.25) is 0 Å². The summed E-state index contributed by atoms with van der Waals surface area (Å²) >= 11 is 0. The van der Waals surface area contributed by atoms with Crippen molar-refractivity contribution >= 4 is 11.5 Å². The van der Waals surface area contributed by atoms with E-state index in [4.69, 9.17) is 0 Å². The summed E-state index contributed by atoms with van der Waals surface area (Å²) in [6.45, 7) is 7.37. The first-order chi connectivity index (χ1) is 15.2. The predicted molar refractivity (Wildman–Crippen MR) is 115 cm³/mol. The molecule has 0 saturated carbocycles. The molecule has 1 aliphatic heterocycles. The molecule has 7 nitrogen and oxygen atoms in total. The lowest BCUT2D eigenvalue weighted by atomic mass is 9.96. The van der Waals surface area contributed by atoms with Crippen LogP contribution in [-0.4, -0.2) is 56.6 Å². The van der Waals surface area contributed by atoms with Gasteiger partial charge in [-0.1, -0.05) is 0 Å². The Balaban J connectivity index is 1.52. The zero-order valence-corrected chi connectivity index (χ0v) is 17.9. The number of piperidine rings is 1. The number of aromatic hydroxyl groups is 1. The number of alkyl halides is 3. The minimum absolute atomic E-state index is 0.143. The van der Waals surface area contributed by atoms with Crippen molar-refractivity contribution in [1.29, 1.82) is 0 Å². The van der Waals surface area contributed by atoms with E-state index in [1.807, 2.05) is 6.07 Å². The largest absolute Gasteiger partial charge is 0.573 e. The first-order valence-corrected chi connectivity index (χ1v) is 10.6. The highest BCUT2D eigenvalue weighted by Crippen LogP contribution is 2.34. The number of phenols is 1. The molecule has 0 radical (unpaired) electrons. The number of nitrogens with one attached hydrogen (secondary N) is 1. The maximum Gasteiger partial charge on any atom is 0.573 e. The molecule has 1 fully saturated rings. The van der Waals surface area contributed by atoms with Crippen molar-refractivity contribution in [3.63, 3.8) is 0 Å². The van der Waals surface area contributed by atoms with E-state index in [9.17, 15) is 18.3 Å². The van der Waals surface area contributed by atoms with E-state index in [1.165, 1.54) is 10.7 Å². The normalized spacial score (nSPS) is 16.1. The average molecular weight is 449 g/mol. The van der Waals surface area contributed by atoms with E-state index >= 15 is 0 Å². The summed E-state index contributed by atoms with van der Waals surface area (Å²) in [7, 11) is 0. The smallest absolute Gasteiger partial charge is 0.507 e. The molecule has 3 aromatic rings. The van der Waals surface area contributed by atoms with Crippen molar-refractivity contribution in [3.05, 3.63) is 36.5 Å². The van der Waals surface area contributed by atoms with Gasteiger partial charge in [0.15, 0.2) is 5.65 Å². The molecule has 0 unspecified atom stereocenters. The van der Waals surface area contributed by atoms with Crippen LogP contribution in [0.25, 0.3) is 16.9 Å². The number of fused-ring (bicyclic) bond motifs is 1. The van der Waals surface area contributed by atoms with Crippen LogP contribution in [0, 0.1) is 5.92 Å². The summed E-state index contributed by atoms with van der Waals surface area (Å²) in [5.74, 6) is 0.552. The Labute approximate surface area is 183 Å². The third-order valence-electron chi connectivity index (χ3n) is 5.79. The number of hydrogen-bond acceptors (Lipinski definition) is 6. The van der Waals surface area contributed by atoms with Crippen molar-refractivity contribution in [3.8, 4) is 22.8 Å². The first kappa shape index (κ1) is 22.2. The second-order valence-corrected chi connectivity index (χ2v) is 8.31. The number of likely N-dealkylation sites (tertiary alicyclic amines) is 1. The van der Waals surface area contributed by atoms with Crippen LogP contribution in [0.1, 0.15) is 26.7 Å². The number of ether oxygens (including phenoxy) is 1. The van der Waals surface area contributed by atoms with Crippen LogP contribution in [0.4, 0.5) is 19.0 Å². The van der Waals surface area contributed by atoms with E-state index in [0.29, 0.717) is 29.1 Å². The van der Waals surface area contributed by atoms with Gasteiger partial charge in [0.05, 0.1) is 11.9 Å². The summed E-state index contributed by atoms with van der Waals surface area (Å²) < 4.78 is 43.3. The summed E-state index contributed by atoms with van der Waals surface area (Å²) in [6, 6.07) is 7.48. The summed E-state index contributed by atoms with van der Waals surface area (Å²) in [4.78, 5) is 6.72. The predicted octanol–water partition coefficient (Wildman–Crippen LogP) is 4.53. The van der Waals surface area contributed by atoms with Crippen molar-refractivity contribution < 1.29 is 23.0 Å². The molecule has 0 amide bonds.